The number of methoxy groups -OCH3 is 2. The Hall–Kier alpha value is -3.63. The number of aromatic nitrogens is 3. The number of carbonyl (C=O) groups is 2. The summed E-state index contributed by atoms with van der Waals surface area (Å²) in [5.41, 5.74) is 2.55. The minimum atomic E-state index is -0.448. The molecule has 1 amide bonds. The molecule has 0 aliphatic rings. The van der Waals surface area contributed by atoms with Crippen molar-refractivity contribution in [2.24, 2.45) is 0 Å². The molecule has 0 fully saturated rings. The molecule has 0 bridgehead atoms. The third kappa shape index (κ3) is 4.76. The Labute approximate surface area is 193 Å². The van der Waals surface area contributed by atoms with E-state index in [0.29, 0.717) is 40.6 Å². The number of nitrogens with one attached hydrogen (secondary N) is 2. The van der Waals surface area contributed by atoms with Crippen LogP contribution in [0, 0.1) is 0 Å². The second-order valence-electron chi connectivity index (χ2n) is 7.14. The zero-order valence-corrected chi connectivity index (χ0v) is 18.9. The normalized spacial score (nSPS) is 11.1. The molecule has 2 aromatic carbocycles. The van der Waals surface area contributed by atoms with Gasteiger partial charge in [-0.1, -0.05) is 30.0 Å². The van der Waals surface area contributed by atoms with E-state index in [-0.39, 0.29) is 17.2 Å². The van der Waals surface area contributed by atoms with Gasteiger partial charge in [0.1, 0.15) is 11.0 Å². The fourth-order valence-corrected chi connectivity index (χ4v) is 4.22. The van der Waals surface area contributed by atoms with Gasteiger partial charge in [-0.3, -0.25) is 14.2 Å². The predicted molar refractivity (Wildman–Crippen MR) is 127 cm³/mol. The van der Waals surface area contributed by atoms with E-state index in [0.717, 1.165) is 10.9 Å². The molecule has 0 spiro atoms. The molecule has 10 heteroatoms. The highest BCUT2D eigenvalue weighted by Gasteiger charge is 2.17. The van der Waals surface area contributed by atoms with Gasteiger partial charge >= 0.3 is 5.97 Å². The average Bonchev–Trinajstić information content (AvgIpc) is 3.21. The van der Waals surface area contributed by atoms with Gasteiger partial charge in [-0.05, 0) is 30.3 Å². The van der Waals surface area contributed by atoms with Crippen molar-refractivity contribution in [2.75, 3.05) is 31.9 Å². The van der Waals surface area contributed by atoms with Gasteiger partial charge in [0.25, 0.3) is 5.56 Å². The van der Waals surface area contributed by atoms with E-state index < -0.39 is 5.97 Å². The zero-order valence-electron chi connectivity index (χ0n) is 18.1. The maximum Gasteiger partial charge on any atom is 0.337 e. The van der Waals surface area contributed by atoms with E-state index in [9.17, 15) is 14.4 Å². The summed E-state index contributed by atoms with van der Waals surface area (Å²) in [7, 11) is 2.87. The third-order valence-electron chi connectivity index (χ3n) is 5.02. The van der Waals surface area contributed by atoms with E-state index in [1.807, 2.05) is 24.3 Å². The highest BCUT2D eigenvalue weighted by atomic mass is 32.2. The standard InChI is InChI=1S/C23H22N4O5S/c1-31-12-11-27-21(29)20-19(16-5-3-4-6-17(16)25-20)26-23(27)33-13-18(28)24-15-9-7-14(8-10-15)22(30)32-2/h3-10,25H,11-13H2,1-2H3,(H,24,28). The van der Waals surface area contributed by atoms with Gasteiger partial charge < -0.3 is 19.8 Å². The lowest BCUT2D eigenvalue weighted by atomic mass is 10.2. The van der Waals surface area contributed by atoms with Crippen LogP contribution in [0.5, 0.6) is 0 Å². The van der Waals surface area contributed by atoms with Crippen LogP contribution in [0.4, 0.5) is 5.69 Å². The molecular weight excluding hydrogens is 444 g/mol. The number of hydrogen-bond acceptors (Lipinski definition) is 7. The monoisotopic (exact) mass is 466 g/mol. The SMILES string of the molecule is COCCn1c(SCC(=O)Nc2ccc(C(=O)OC)cc2)nc2c([nH]c3ccccc32)c1=O. The minimum absolute atomic E-state index is 0.0477. The molecule has 170 valence electrons. The number of esters is 1. The van der Waals surface area contributed by atoms with Gasteiger partial charge in [0.15, 0.2) is 5.16 Å². The lowest BCUT2D eigenvalue weighted by molar-refractivity contribution is -0.113. The van der Waals surface area contributed by atoms with E-state index in [4.69, 9.17) is 9.72 Å². The van der Waals surface area contributed by atoms with E-state index in [2.05, 4.69) is 15.0 Å². The van der Waals surface area contributed by atoms with Crippen molar-refractivity contribution in [1.82, 2.24) is 14.5 Å². The summed E-state index contributed by atoms with van der Waals surface area (Å²) < 4.78 is 11.3. The molecule has 0 aliphatic carbocycles. The Morgan fingerprint density at radius 2 is 1.88 bits per heavy atom. The Bertz CT molecular complexity index is 1380. The summed E-state index contributed by atoms with van der Waals surface area (Å²) in [6.45, 7) is 0.645. The summed E-state index contributed by atoms with van der Waals surface area (Å²) in [6, 6.07) is 14.0. The lowest BCUT2D eigenvalue weighted by Crippen LogP contribution is -2.26. The number of rotatable bonds is 8. The maximum absolute atomic E-state index is 13.2. The predicted octanol–water partition coefficient (Wildman–Crippen LogP) is 3.04. The molecule has 33 heavy (non-hydrogen) atoms. The van der Waals surface area contributed by atoms with Crippen LogP contribution in [0.15, 0.2) is 58.5 Å². The first-order valence-corrected chi connectivity index (χ1v) is 11.1. The number of carbonyl (C=O) groups excluding carboxylic acids is 2. The average molecular weight is 467 g/mol. The van der Waals surface area contributed by atoms with E-state index in [1.165, 1.54) is 23.4 Å². The quantitative estimate of drug-likeness (QED) is 0.233. The second kappa shape index (κ2) is 9.88. The summed E-state index contributed by atoms with van der Waals surface area (Å²) in [4.78, 5) is 45.1. The van der Waals surface area contributed by atoms with Gasteiger partial charge in [-0.25, -0.2) is 9.78 Å². The highest BCUT2D eigenvalue weighted by Crippen LogP contribution is 2.24. The van der Waals surface area contributed by atoms with Crippen molar-refractivity contribution in [3.63, 3.8) is 0 Å². The Balaban J connectivity index is 1.56. The number of H-pyrrole nitrogens is 1. The molecule has 0 unspecified atom stereocenters. The van der Waals surface area contributed by atoms with Crippen molar-refractivity contribution in [3.05, 3.63) is 64.4 Å². The molecule has 0 saturated carbocycles. The minimum Gasteiger partial charge on any atom is -0.465 e. The van der Waals surface area contributed by atoms with Gasteiger partial charge in [0.05, 0.1) is 31.6 Å². The number of amides is 1. The van der Waals surface area contributed by atoms with Gasteiger partial charge in [-0.15, -0.1) is 0 Å². The summed E-state index contributed by atoms with van der Waals surface area (Å²) in [5, 5.41) is 4.06. The van der Waals surface area contributed by atoms with Crippen molar-refractivity contribution in [1.29, 1.82) is 0 Å². The van der Waals surface area contributed by atoms with Gasteiger partial charge in [0.2, 0.25) is 5.91 Å². The number of benzene rings is 2. The fourth-order valence-electron chi connectivity index (χ4n) is 3.40. The number of fused-ring (bicyclic) bond motifs is 3. The third-order valence-corrected chi connectivity index (χ3v) is 5.99. The lowest BCUT2D eigenvalue weighted by Gasteiger charge is -2.12. The van der Waals surface area contributed by atoms with Crippen molar-refractivity contribution in [3.8, 4) is 0 Å². The molecule has 0 atom stereocenters. The molecular formula is C23H22N4O5S. The molecule has 4 rings (SSSR count). The van der Waals surface area contributed by atoms with Crippen LogP contribution in [0.1, 0.15) is 10.4 Å². The van der Waals surface area contributed by atoms with Crippen LogP contribution in [-0.4, -0.2) is 53.0 Å². The first-order valence-electron chi connectivity index (χ1n) is 10.1. The second-order valence-corrected chi connectivity index (χ2v) is 8.09. The van der Waals surface area contributed by atoms with Gasteiger partial charge in [0, 0.05) is 23.7 Å². The summed E-state index contributed by atoms with van der Waals surface area (Å²) >= 11 is 1.17. The van der Waals surface area contributed by atoms with Crippen LogP contribution in [0.25, 0.3) is 21.9 Å². The van der Waals surface area contributed by atoms with E-state index in [1.54, 1.807) is 31.4 Å². The number of anilines is 1. The van der Waals surface area contributed by atoms with E-state index >= 15 is 0 Å². The Morgan fingerprint density at radius 1 is 1.12 bits per heavy atom. The van der Waals surface area contributed by atoms with Crippen molar-refractivity contribution < 1.29 is 19.1 Å². The number of thioether (sulfide) groups is 1. The first kappa shape index (κ1) is 22.6. The summed E-state index contributed by atoms with van der Waals surface area (Å²) in [5.74, 6) is -0.667. The Morgan fingerprint density at radius 3 is 2.61 bits per heavy atom. The molecule has 2 N–H and O–H groups in total. The maximum atomic E-state index is 13.2. The van der Waals surface area contributed by atoms with Gasteiger partial charge in [-0.2, -0.15) is 0 Å². The van der Waals surface area contributed by atoms with Crippen LogP contribution >= 0.6 is 11.8 Å². The topological polar surface area (TPSA) is 115 Å². The van der Waals surface area contributed by atoms with Crippen molar-refractivity contribution >= 4 is 51.3 Å². The molecule has 0 aliphatic heterocycles. The number of para-hydroxylation sites is 1. The molecule has 4 aromatic rings. The smallest absolute Gasteiger partial charge is 0.337 e. The molecule has 2 aromatic heterocycles. The number of nitrogens with zero attached hydrogens (tertiary/aromatic N) is 2. The van der Waals surface area contributed by atoms with Crippen molar-refractivity contribution in [2.45, 2.75) is 11.7 Å². The van der Waals surface area contributed by atoms with Crippen LogP contribution in [-0.2, 0) is 20.8 Å². The van der Waals surface area contributed by atoms with Crippen LogP contribution in [0.3, 0.4) is 0 Å². The fraction of sp³-hybridized carbons (Fsp3) is 0.217. The largest absolute Gasteiger partial charge is 0.465 e. The highest BCUT2D eigenvalue weighted by molar-refractivity contribution is 7.99. The molecule has 9 nitrogen and oxygen atoms in total. The summed E-state index contributed by atoms with van der Waals surface area (Å²) in [6.07, 6.45) is 0. The number of aromatic amines is 1. The number of hydrogen-bond donors (Lipinski definition) is 2. The zero-order chi connectivity index (χ0) is 23.4. The van der Waals surface area contributed by atoms with Crippen LogP contribution in [0.2, 0.25) is 0 Å². The molecule has 0 radical (unpaired) electrons. The molecule has 0 saturated heterocycles. The van der Waals surface area contributed by atoms with Crippen LogP contribution < -0.4 is 10.9 Å². The Kier molecular flexibility index (Phi) is 6.76. The number of ether oxygens (including phenoxy) is 2. The molecule has 2 heterocycles. The first-order chi connectivity index (χ1) is 16.0.